The average molecular weight is 336 g/mol. The van der Waals surface area contributed by atoms with Gasteiger partial charge in [-0.15, -0.1) is 0 Å². The maximum absolute atomic E-state index is 11.8. The summed E-state index contributed by atoms with van der Waals surface area (Å²) in [5.41, 5.74) is 0.326. The van der Waals surface area contributed by atoms with Crippen molar-refractivity contribution in [2.45, 2.75) is 26.7 Å². The van der Waals surface area contributed by atoms with Gasteiger partial charge in [0, 0.05) is 6.54 Å². The molecule has 0 saturated carbocycles. The van der Waals surface area contributed by atoms with Crippen molar-refractivity contribution in [3.63, 3.8) is 0 Å². The highest BCUT2D eigenvalue weighted by Crippen LogP contribution is 2.13. The number of nitrogens with one attached hydrogen (secondary N) is 2. The summed E-state index contributed by atoms with van der Waals surface area (Å²) in [4.78, 5) is 34.7. The molecule has 0 radical (unpaired) electrons. The van der Waals surface area contributed by atoms with Gasteiger partial charge in [0.05, 0.1) is 18.7 Å². The van der Waals surface area contributed by atoms with Crippen LogP contribution in [0, 0.1) is 0 Å². The second-order valence-corrected chi connectivity index (χ2v) is 5.08. The summed E-state index contributed by atoms with van der Waals surface area (Å²) in [5, 5.41) is 5.01. The van der Waals surface area contributed by atoms with Crippen LogP contribution >= 0.6 is 0 Å². The molecule has 0 bridgehead atoms. The Labute approximate surface area is 141 Å². The Kier molecular flexibility index (Phi) is 8.96. The predicted molar refractivity (Wildman–Crippen MR) is 88.8 cm³/mol. The van der Waals surface area contributed by atoms with Gasteiger partial charge in [0.25, 0.3) is 5.91 Å². The van der Waals surface area contributed by atoms with Crippen molar-refractivity contribution in [2.75, 3.05) is 26.3 Å². The van der Waals surface area contributed by atoms with E-state index in [0.29, 0.717) is 24.5 Å². The number of carbonyl (C=O) groups excluding carboxylic acids is 3. The molecule has 0 unspecified atom stereocenters. The second kappa shape index (κ2) is 11.0. The summed E-state index contributed by atoms with van der Waals surface area (Å²) in [7, 11) is 0. The van der Waals surface area contributed by atoms with Crippen LogP contribution in [0.25, 0.3) is 0 Å². The van der Waals surface area contributed by atoms with Crippen molar-refractivity contribution in [3.05, 3.63) is 29.8 Å². The maximum atomic E-state index is 11.8. The molecular formula is C17H24N2O5. The van der Waals surface area contributed by atoms with Crippen LogP contribution in [0.2, 0.25) is 0 Å². The Bertz CT molecular complexity index is 542. The van der Waals surface area contributed by atoms with Gasteiger partial charge in [-0.05, 0) is 37.1 Å². The van der Waals surface area contributed by atoms with Gasteiger partial charge in [-0.1, -0.05) is 13.8 Å². The van der Waals surface area contributed by atoms with Crippen LogP contribution in [0.15, 0.2) is 24.3 Å². The SMILES string of the molecule is CCCNC(=O)CNC(=O)COC(=O)c1ccc(OCCC)cc1. The number of hydrogen-bond donors (Lipinski definition) is 2. The van der Waals surface area contributed by atoms with Crippen LogP contribution in [-0.4, -0.2) is 44.1 Å². The summed E-state index contributed by atoms with van der Waals surface area (Å²) in [6.45, 7) is 4.52. The average Bonchev–Trinajstić information content (AvgIpc) is 2.61. The maximum Gasteiger partial charge on any atom is 0.338 e. The zero-order valence-corrected chi connectivity index (χ0v) is 14.1. The lowest BCUT2D eigenvalue weighted by Gasteiger charge is -2.08. The lowest BCUT2D eigenvalue weighted by Crippen LogP contribution is -2.38. The summed E-state index contributed by atoms with van der Waals surface area (Å²) in [6, 6.07) is 6.49. The minimum absolute atomic E-state index is 0.139. The van der Waals surface area contributed by atoms with E-state index in [1.807, 2.05) is 13.8 Å². The Morgan fingerprint density at radius 2 is 1.67 bits per heavy atom. The predicted octanol–water partition coefficient (Wildman–Crippen LogP) is 1.27. The molecule has 24 heavy (non-hydrogen) atoms. The molecule has 132 valence electrons. The van der Waals surface area contributed by atoms with E-state index in [2.05, 4.69) is 10.6 Å². The number of carbonyl (C=O) groups is 3. The van der Waals surface area contributed by atoms with Gasteiger partial charge in [-0.3, -0.25) is 9.59 Å². The van der Waals surface area contributed by atoms with Gasteiger partial charge < -0.3 is 20.1 Å². The van der Waals surface area contributed by atoms with Crippen LogP contribution < -0.4 is 15.4 Å². The Morgan fingerprint density at radius 3 is 2.29 bits per heavy atom. The zero-order valence-electron chi connectivity index (χ0n) is 14.1. The van der Waals surface area contributed by atoms with Crippen LogP contribution in [0.4, 0.5) is 0 Å². The third kappa shape index (κ3) is 7.62. The first-order chi connectivity index (χ1) is 11.6. The van der Waals surface area contributed by atoms with Gasteiger partial charge in [0.2, 0.25) is 5.91 Å². The van der Waals surface area contributed by atoms with Crippen molar-refractivity contribution in [1.82, 2.24) is 10.6 Å². The molecule has 0 aromatic heterocycles. The van der Waals surface area contributed by atoms with Gasteiger partial charge in [0.1, 0.15) is 5.75 Å². The lowest BCUT2D eigenvalue weighted by molar-refractivity contribution is -0.127. The van der Waals surface area contributed by atoms with E-state index >= 15 is 0 Å². The molecule has 0 aliphatic rings. The zero-order chi connectivity index (χ0) is 17.8. The molecule has 0 fully saturated rings. The minimum Gasteiger partial charge on any atom is -0.494 e. The number of esters is 1. The highest BCUT2D eigenvalue weighted by molar-refractivity contribution is 5.92. The van der Waals surface area contributed by atoms with Crippen molar-refractivity contribution in [2.24, 2.45) is 0 Å². The number of rotatable bonds is 10. The van der Waals surface area contributed by atoms with Crippen molar-refractivity contribution in [3.8, 4) is 5.75 Å². The van der Waals surface area contributed by atoms with E-state index in [4.69, 9.17) is 9.47 Å². The molecule has 0 atom stereocenters. The van der Waals surface area contributed by atoms with Gasteiger partial charge in [-0.25, -0.2) is 4.79 Å². The first-order valence-corrected chi connectivity index (χ1v) is 8.00. The first kappa shape index (κ1) is 19.5. The van der Waals surface area contributed by atoms with Crippen LogP contribution in [0.1, 0.15) is 37.0 Å². The summed E-state index contributed by atoms with van der Waals surface area (Å²) >= 11 is 0. The highest BCUT2D eigenvalue weighted by Gasteiger charge is 2.11. The first-order valence-electron chi connectivity index (χ1n) is 8.00. The van der Waals surface area contributed by atoms with E-state index in [-0.39, 0.29) is 12.5 Å². The van der Waals surface area contributed by atoms with E-state index in [0.717, 1.165) is 12.8 Å². The van der Waals surface area contributed by atoms with Crippen molar-refractivity contribution < 1.29 is 23.9 Å². The fraction of sp³-hybridized carbons (Fsp3) is 0.471. The standard InChI is InChI=1S/C17H24N2O5/c1-3-9-18-15(20)11-19-16(21)12-24-17(22)13-5-7-14(8-6-13)23-10-4-2/h5-8H,3-4,9-12H2,1-2H3,(H,18,20)(H,19,21). The smallest absolute Gasteiger partial charge is 0.338 e. The summed E-state index contributed by atoms with van der Waals surface area (Å²) in [6.07, 6.45) is 1.72. The van der Waals surface area contributed by atoms with Gasteiger partial charge >= 0.3 is 5.97 Å². The molecule has 0 heterocycles. The van der Waals surface area contributed by atoms with Crippen LogP contribution in [-0.2, 0) is 14.3 Å². The highest BCUT2D eigenvalue weighted by atomic mass is 16.5. The Hall–Kier alpha value is -2.57. The molecule has 0 spiro atoms. The Balaban J connectivity index is 2.32. The molecule has 2 amide bonds. The fourth-order valence-corrected chi connectivity index (χ4v) is 1.68. The van der Waals surface area contributed by atoms with Crippen molar-refractivity contribution >= 4 is 17.8 Å². The molecule has 1 rings (SSSR count). The second-order valence-electron chi connectivity index (χ2n) is 5.08. The Morgan fingerprint density at radius 1 is 0.958 bits per heavy atom. The monoisotopic (exact) mass is 336 g/mol. The number of amides is 2. The molecule has 0 aliphatic carbocycles. The lowest BCUT2D eigenvalue weighted by atomic mass is 10.2. The molecule has 0 saturated heterocycles. The molecule has 1 aromatic rings. The molecule has 7 heteroatoms. The number of ether oxygens (including phenoxy) is 2. The van der Waals surface area contributed by atoms with E-state index < -0.39 is 18.5 Å². The number of benzene rings is 1. The normalized spacial score (nSPS) is 9.92. The van der Waals surface area contributed by atoms with E-state index in [9.17, 15) is 14.4 Å². The largest absolute Gasteiger partial charge is 0.494 e. The third-order valence-electron chi connectivity index (χ3n) is 2.92. The molecule has 0 aliphatic heterocycles. The molecule has 1 aromatic carbocycles. The topological polar surface area (TPSA) is 93.7 Å². The summed E-state index contributed by atoms with van der Waals surface area (Å²) in [5.74, 6) is -0.746. The third-order valence-corrected chi connectivity index (χ3v) is 2.92. The fourth-order valence-electron chi connectivity index (χ4n) is 1.68. The molecule has 7 nitrogen and oxygen atoms in total. The summed E-state index contributed by atoms with van der Waals surface area (Å²) < 4.78 is 10.3. The van der Waals surface area contributed by atoms with E-state index in [1.165, 1.54) is 0 Å². The van der Waals surface area contributed by atoms with Gasteiger partial charge in [-0.2, -0.15) is 0 Å². The minimum atomic E-state index is -0.609. The van der Waals surface area contributed by atoms with Gasteiger partial charge in [0.15, 0.2) is 6.61 Å². The quantitative estimate of drug-likeness (QED) is 0.628. The van der Waals surface area contributed by atoms with Crippen LogP contribution in [0.5, 0.6) is 5.75 Å². The number of hydrogen-bond acceptors (Lipinski definition) is 5. The van der Waals surface area contributed by atoms with Crippen LogP contribution in [0.3, 0.4) is 0 Å². The van der Waals surface area contributed by atoms with E-state index in [1.54, 1.807) is 24.3 Å². The molecule has 2 N–H and O–H groups in total. The van der Waals surface area contributed by atoms with Crippen molar-refractivity contribution in [1.29, 1.82) is 0 Å². The molecular weight excluding hydrogens is 312 g/mol.